The van der Waals surface area contributed by atoms with Crippen molar-refractivity contribution in [3.8, 4) is 0 Å². The van der Waals surface area contributed by atoms with E-state index < -0.39 is 0 Å². The van der Waals surface area contributed by atoms with Crippen LogP contribution in [0.4, 0.5) is 5.69 Å². The van der Waals surface area contributed by atoms with Crippen molar-refractivity contribution in [1.82, 2.24) is 0 Å². The van der Waals surface area contributed by atoms with Crippen molar-refractivity contribution in [2.24, 2.45) is 0 Å². The van der Waals surface area contributed by atoms with E-state index in [0.29, 0.717) is 15.1 Å². The van der Waals surface area contributed by atoms with Gasteiger partial charge in [0.1, 0.15) is 0 Å². The summed E-state index contributed by atoms with van der Waals surface area (Å²) in [7, 11) is 0. The van der Waals surface area contributed by atoms with E-state index in [0.717, 1.165) is 16.8 Å². The zero-order chi connectivity index (χ0) is 14.7. The van der Waals surface area contributed by atoms with Gasteiger partial charge in [-0.1, -0.05) is 59.1 Å². The van der Waals surface area contributed by atoms with Gasteiger partial charge in [-0.05, 0) is 24.6 Å². The van der Waals surface area contributed by atoms with Crippen LogP contribution in [0.1, 0.15) is 24.1 Å². The average Bonchev–Trinajstić information content (AvgIpc) is 2.45. The van der Waals surface area contributed by atoms with Crippen molar-refractivity contribution >= 4 is 40.5 Å². The van der Waals surface area contributed by atoms with Gasteiger partial charge >= 0.3 is 0 Å². The highest BCUT2D eigenvalue weighted by molar-refractivity contribution is 6.48. The third kappa shape index (κ3) is 3.21. The molecule has 20 heavy (non-hydrogen) atoms. The van der Waals surface area contributed by atoms with Gasteiger partial charge in [-0.2, -0.15) is 0 Å². The molecule has 0 aliphatic rings. The molecule has 2 aromatic rings. The topological polar surface area (TPSA) is 32.3 Å². The van der Waals surface area contributed by atoms with Gasteiger partial charge in [-0.25, -0.2) is 0 Å². The molecule has 0 amide bonds. The maximum Gasteiger partial charge on any atom is 0.0782 e. The van der Waals surface area contributed by atoms with E-state index in [1.807, 2.05) is 37.3 Å². The maximum atomic E-state index is 9.33. The molecule has 0 fully saturated rings. The first kappa shape index (κ1) is 15.5. The van der Waals surface area contributed by atoms with Gasteiger partial charge in [0.2, 0.25) is 0 Å². The van der Waals surface area contributed by atoms with Crippen molar-refractivity contribution in [2.45, 2.75) is 19.6 Å². The second-order valence-corrected chi connectivity index (χ2v) is 5.61. The number of hydrogen-bond donors (Lipinski definition) is 2. The fourth-order valence-electron chi connectivity index (χ4n) is 1.99. The lowest BCUT2D eigenvalue weighted by molar-refractivity contribution is 0.282. The van der Waals surface area contributed by atoms with Gasteiger partial charge in [0.25, 0.3) is 0 Å². The second kappa shape index (κ2) is 6.68. The molecule has 0 aliphatic heterocycles. The fraction of sp³-hybridized carbons (Fsp3) is 0.200. The Balaban J connectivity index is 2.29. The van der Waals surface area contributed by atoms with E-state index in [1.165, 1.54) is 0 Å². The summed E-state index contributed by atoms with van der Waals surface area (Å²) in [4.78, 5) is 0. The van der Waals surface area contributed by atoms with Crippen LogP contribution in [-0.4, -0.2) is 5.11 Å². The molecule has 0 spiro atoms. The zero-order valence-corrected chi connectivity index (χ0v) is 13.1. The quantitative estimate of drug-likeness (QED) is 0.744. The molecular weight excluding hydrogens is 317 g/mol. The first-order chi connectivity index (χ1) is 9.54. The number of hydrogen-bond acceptors (Lipinski definition) is 2. The first-order valence-corrected chi connectivity index (χ1v) is 7.26. The van der Waals surface area contributed by atoms with Crippen molar-refractivity contribution < 1.29 is 5.11 Å². The van der Waals surface area contributed by atoms with E-state index in [2.05, 4.69) is 5.32 Å². The Kier molecular flexibility index (Phi) is 5.17. The molecule has 0 heterocycles. The number of para-hydroxylation sites is 1. The Morgan fingerprint density at radius 2 is 1.75 bits per heavy atom. The van der Waals surface area contributed by atoms with Gasteiger partial charge in [0, 0.05) is 11.3 Å². The normalized spacial score (nSPS) is 12.2. The summed E-state index contributed by atoms with van der Waals surface area (Å²) in [6, 6.07) is 11.1. The predicted octanol–water partition coefficient (Wildman–Crippen LogP) is 5.31. The average molecular weight is 331 g/mol. The van der Waals surface area contributed by atoms with Crippen molar-refractivity contribution in [1.29, 1.82) is 0 Å². The van der Waals surface area contributed by atoms with E-state index in [-0.39, 0.29) is 12.6 Å². The second-order valence-electron chi connectivity index (χ2n) is 4.45. The van der Waals surface area contributed by atoms with Gasteiger partial charge in [0.05, 0.1) is 27.7 Å². The summed E-state index contributed by atoms with van der Waals surface area (Å²) in [6.07, 6.45) is 0. The Bertz CT molecular complexity index is 616. The van der Waals surface area contributed by atoms with E-state index in [9.17, 15) is 5.11 Å². The molecule has 2 rings (SSSR count). The molecule has 0 aromatic heterocycles. The monoisotopic (exact) mass is 329 g/mol. The predicted molar refractivity (Wildman–Crippen MR) is 85.9 cm³/mol. The van der Waals surface area contributed by atoms with Crippen LogP contribution in [-0.2, 0) is 6.61 Å². The molecular formula is C15H14Cl3NO. The lowest BCUT2D eigenvalue weighted by Gasteiger charge is -2.19. The minimum absolute atomic E-state index is 0.0228. The van der Waals surface area contributed by atoms with Crippen LogP contribution in [0.2, 0.25) is 15.1 Å². The van der Waals surface area contributed by atoms with Gasteiger partial charge in [-0.3, -0.25) is 0 Å². The summed E-state index contributed by atoms with van der Waals surface area (Å²) in [5.74, 6) is 0. The van der Waals surface area contributed by atoms with Crippen LogP contribution in [0.15, 0.2) is 36.4 Å². The largest absolute Gasteiger partial charge is 0.392 e. The lowest BCUT2D eigenvalue weighted by Crippen LogP contribution is -2.09. The van der Waals surface area contributed by atoms with E-state index in [1.54, 1.807) is 6.07 Å². The number of anilines is 1. The summed E-state index contributed by atoms with van der Waals surface area (Å²) in [5, 5.41) is 13.9. The van der Waals surface area contributed by atoms with Crippen molar-refractivity contribution in [3.63, 3.8) is 0 Å². The molecule has 106 valence electrons. The molecule has 0 saturated carbocycles. The standard InChI is InChI=1S/C15H14Cl3NO/c1-9(11-6-7-12(16)15(18)14(11)17)19-13-5-3-2-4-10(13)8-20/h2-7,9,19-20H,8H2,1H3. The van der Waals surface area contributed by atoms with Crippen LogP contribution in [0.5, 0.6) is 0 Å². The molecule has 0 aliphatic carbocycles. The number of nitrogens with one attached hydrogen (secondary N) is 1. The Morgan fingerprint density at radius 1 is 1.05 bits per heavy atom. The van der Waals surface area contributed by atoms with Crippen molar-refractivity contribution in [2.75, 3.05) is 5.32 Å². The number of benzene rings is 2. The molecule has 5 heteroatoms. The van der Waals surface area contributed by atoms with Crippen LogP contribution in [0.25, 0.3) is 0 Å². The molecule has 2 N–H and O–H groups in total. The third-order valence-electron chi connectivity index (χ3n) is 3.09. The molecule has 0 bridgehead atoms. The molecule has 0 radical (unpaired) electrons. The van der Waals surface area contributed by atoms with Crippen LogP contribution >= 0.6 is 34.8 Å². The third-order valence-corrected chi connectivity index (χ3v) is 4.40. The van der Waals surface area contributed by atoms with Gasteiger partial charge in [0.15, 0.2) is 0 Å². The summed E-state index contributed by atoms with van der Waals surface area (Å²) in [5.41, 5.74) is 2.55. The highest BCUT2D eigenvalue weighted by atomic mass is 35.5. The molecule has 0 saturated heterocycles. The molecule has 2 nitrogen and oxygen atoms in total. The molecule has 1 atom stereocenters. The smallest absolute Gasteiger partial charge is 0.0782 e. The minimum atomic E-state index is -0.0648. The highest BCUT2D eigenvalue weighted by Gasteiger charge is 2.15. The Hall–Kier alpha value is -0.930. The van der Waals surface area contributed by atoms with Gasteiger partial charge in [-0.15, -0.1) is 0 Å². The summed E-state index contributed by atoms with van der Waals surface area (Å²) in [6.45, 7) is 1.95. The Labute approximate surface area is 133 Å². The van der Waals surface area contributed by atoms with E-state index in [4.69, 9.17) is 34.8 Å². The number of halogens is 3. The minimum Gasteiger partial charge on any atom is -0.392 e. The number of rotatable bonds is 4. The first-order valence-electron chi connectivity index (χ1n) is 6.13. The highest BCUT2D eigenvalue weighted by Crippen LogP contribution is 2.36. The Morgan fingerprint density at radius 3 is 2.45 bits per heavy atom. The van der Waals surface area contributed by atoms with Crippen LogP contribution in [0.3, 0.4) is 0 Å². The summed E-state index contributed by atoms with van der Waals surface area (Å²) >= 11 is 18.2. The van der Waals surface area contributed by atoms with Crippen LogP contribution in [0, 0.1) is 0 Å². The van der Waals surface area contributed by atoms with Crippen LogP contribution < -0.4 is 5.32 Å². The fourth-order valence-corrected chi connectivity index (χ4v) is 2.69. The maximum absolute atomic E-state index is 9.33. The van der Waals surface area contributed by atoms with E-state index >= 15 is 0 Å². The SMILES string of the molecule is CC(Nc1ccccc1CO)c1ccc(Cl)c(Cl)c1Cl. The number of aliphatic hydroxyl groups excluding tert-OH is 1. The van der Waals surface area contributed by atoms with Gasteiger partial charge < -0.3 is 10.4 Å². The summed E-state index contributed by atoms with van der Waals surface area (Å²) < 4.78 is 0. The van der Waals surface area contributed by atoms with Crippen molar-refractivity contribution in [3.05, 3.63) is 62.6 Å². The number of aliphatic hydroxyl groups is 1. The zero-order valence-electron chi connectivity index (χ0n) is 10.8. The molecule has 2 aromatic carbocycles. The lowest BCUT2D eigenvalue weighted by atomic mass is 10.1. The molecule has 1 unspecified atom stereocenters.